The number of anilines is 2. The third-order valence-corrected chi connectivity index (χ3v) is 6.67. The van der Waals surface area contributed by atoms with Crippen LogP contribution in [0.3, 0.4) is 0 Å². The Kier molecular flexibility index (Phi) is 5.89. The van der Waals surface area contributed by atoms with Gasteiger partial charge in [0.25, 0.3) is 0 Å². The molecule has 1 saturated heterocycles. The summed E-state index contributed by atoms with van der Waals surface area (Å²) >= 11 is 1.57. The van der Waals surface area contributed by atoms with Gasteiger partial charge in [0.15, 0.2) is 5.13 Å². The van der Waals surface area contributed by atoms with Crippen molar-refractivity contribution in [3.05, 3.63) is 59.3 Å². The van der Waals surface area contributed by atoms with Gasteiger partial charge < -0.3 is 9.88 Å². The summed E-state index contributed by atoms with van der Waals surface area (Å²) in [5.41, 5.74) is 3.23. The number of aromatic nitrogens is 5. The van der Waals surface area contributed by atoms with E-state index in [9.17, 15) is 0 Å². The first-order valence-electron chi connectivity index (χ1n) is 11.3. The monoisotopic (exact) mass is 447 g/mol. The van der Waals surface area contributed by atoms with Crippen LogP contribution in [0, 0.1) is 6.92 Å². The second-order valence-corrected chi connectivity index (χ2v) is 9.57. The molecule has 0 spiro atoms. The molecule has 1 aliphatic rings. The first-order valence-corrected chi connectivity index (χ1v) is 12.2. The molecule has 32 heavy (non-hydrogen) atoms. The Labute approximate surface area is 192 Å². The zero-order chi connectivity index (χ0) is 22.1. The summed E-state index contributed by atoms with van der Waals surface area (Å²) in [6.45, 7) is 8.31. The molecule has 0 saturated carbocycles. The molecule has 5 rings (SSSR count). The van der Waals surface area contributed by atoms with E-state index in [4.69, 9.17) is 15.0 Å². The maximum atomic E-state index is 5.00. The highest BCUT2D eigenvalue weighted by Gasteiger charge is 2.28. The second-order valence-electron chi connectivity index (χ2n) is 8.68. The summed E-state index contributed by atoms with van der Waals surface area (Å²) in [5.74, 6) is 2.81. The standard InChI is InChI=1S/C24H29N7S/c1-16(2)31-19-9-5-4-8-18(19)27-22(31)15-30-12-7-6-10-20(30)23-26-17(3)14-21(28-23)29-24-25-11-13-32-24/h4-5,8-9,11,13-14,16,20H,6-7,10,12,15H2,1-3H3,(H,25,26,28,29). The molecule has 1 fully saturated rings. The van der Waals surface area contributed by atoms with Crippen molar-refractivity contribution in [2.45, 2.75) is 58.7 Å². The average molecular weight is 448 g/mol. The van der Waals surface area contributed by atoms with Crippen LogP contribution < -0.4 is 5.32 Å². The summed E-state index contributed by atoms with van der Waals surface area (Å²) in [6, 6.07) is 10.9. The van der Waals surface area contributed by atoms with Crippen LogP contribution in [0.25, 0.3) is 11.0 Å². The molecule has 166 valence electrons. The first-order chi connectivity index (χ1) is 15.6. The van der Waals surface area contributed by atoms with E-state index in [1.807, 2.05) is 18.4 Å². The number of imidazole rings is 1. The molecular weight excluding hydrogens is 418 g/mol. The molecular formula is C24H29N7S. The smallest absolute Gasteiger partial charge is 0.188 e. The largest absolute Gasteiger partial charge is 0.324 e. The van der Waals surface area contributed by atoms with E-state index in [1.54, 1.807) is 17.5 Å². The van der Waals surface area contributed by atoms with Crippen molar-refractivity contribution in [3.63, 3.8) is 0 Å². The fourth-order valence-corrected chi connectivity index (χ4v) is 5.17. The Morgan fingerprint density at radius 1 is 1.16 bits per heavy atom. The topological polar surface area (TPSA) is 71.8 Å². The van der Waals surface area contributed by atoms with Gasteiger partial charge in [-0.25, -0.2) is 19.9 Å². The summed E-state index contributed by atoms with van der Waals surface area (Å²) in [7, 11) is 0. The molecule has 4 heterocycles. The lowest BCUT2D eigenvalue weighted by Gasteiger charge is -2.35. The molecule has 1 unspecified atom stereocenters. The molecule has 1 atom stereocenters. The fraction of sp³-hybridized carbons (Fsp3) is 0.417. The van der Waals surface area contributed by atoms with E-state index in [-0.39, 0.29) is 6.04 Å². The van der Waals surface area contributed by atoms with E-state index in [0.29, 0.717) is 6.04 Å². The first kappa shape index (κ1) is 21.0. The Hall–Kier alpha value is -2.84. The van der Waals surface area contributed by atoms with Gasteiger partial charge in [-0.05, 0) is 52.3 Å². The van der Waals surface area contributed by atoms with Gasteiger partial charge in [0.1, 0.15) is 17.5 Å². The van der Waals surface area contributed by atoms with Crippen LogP contribution in [0.5, 0.6) is 0 Å². The zero-order valence-electron chi connectivity index (χ0n) is 18.8. The van der Waals surface area contributed by atoms with Crippen LogP contribution in [0.2, 0.25) is 0 Å². The number of nitrogens with zero attached hydrogens (tertiary/aromatic N) is 6. The molecule has 1 N–H and O–H groups in total. The number of likely N-dealkylation sites (tertiary alicyclic amines) is 1. The highest BCUT2D eigenvalue weighted by molar-refractivity contribution is 7.13. The maximum Gasteiger partial charge on any atom is 0.188 e. The normalized spacial score (nSPS) is 17.3. The van der Waals surface area contributed by atoms with Crippen molar-refractivity contribution in [1.29, 1.82) is 0 Å². The lowest BCUT2D eigenvalue weighted by atomic mass is 10.0. The summed E-state index contributed by atoms with van der Waals surface area (Å²) in [6.07, 6.45) is 5.23. The Morgan fingerprint density at radius 2 is 2.03 bits per heavy atom. The molecule has 4 aromatic rings. The third kappa shape index (κ3) is 4.25. The lowest BCUT2D eigenvalue weighted by Crippen LogP contribution is -2.35. The van der Waals surface area contributed by atoms with Gasteiger partial charge in [-0.2, -0.15) is 0 Å². The summed E-state index contributed by atoms with van der Waals surface area (Å²) in [4.78, 5) is 21.6. The maximum absolute atomic E-state index is 5.00. The highest BCUT2D eigenvalue weighted by Crippen LogP contribution is 2.32. The van der Waals surface area contributed by atoms with Crippen molar-refractivity contribution >= 4 is 33.3 Å². The van der Waals surface area contributed by atoms with Crippen molar-refractivity contribution in [2.24, 2.45) is 0 Å². The molecule has 8 heteroatoms. The minimum atomic E-state index is 0.181. The number of thiazole rings is 1. The van der Waals surface area contributed by atoms with Gasteiger partial charge in [-0.15, -0.1) is 11.3 Å². The van der Waals surface area contributed by atoms with Crippen LogP contribution in [-0.4, -0.2) is 35.9 Å². The Morgan fingerprint density at radius 3 is 2.84 bits per heavy atom. The van der Waals surface area contributed by atoms with E-state index in [0.717, 1.165) is 53.3 Å². The van der Waals surface area contributed by atoms with Gasteiger partial charge in [-0.1, -0.05) is 18.6 Å². The van der Waals surface area contributed by atoms with Crippen molar-refractivity contribution < 1.29 is 0 Å². The van der Waals surface area contributed by atoms with Gasteiger partial charge >= 0.3 is 0 Å². The van der Waals surface area contributed by atoms with Gasteiger partial charge in [0, 0.05) is 29.4 Å². The quantitative estimate of drug-likeness (QED) is 0.412. The van der Waals surface area contributed by atoms with Crippen molar-refractivity contribution in [3.8, 4) is 0 Å². The van der Waals surface area contributed by atoms with Gasteiger partial charge in [-0.3, -0.25) is 4.90 Å². The van der Waals surface area contributed by atoms with Crippen LogP contribution >= 0.6 is 11.3 Å². The molecule has 0 bridgehead atoms. The number of hydrogen-bond acceptors (Lipinski definition) is 7. The predicted molar refractivity (Wildman–Crippen MR) is 129 cm³/mol. The molecule has 1 aliphatic heterocycles. The zero-order valence-corrected chi connectivity index (χ0v) is 19.6. The lowest BCUT2D eigenvalue weighted by molar-refractivity contribution is 0.128. The third-order valence-electron chi connectivity index (χ3n) is 5.98. The number of fused-ring (bicyclic) bond motifs is 1. The average Bonchev–Trinajstić information content (AvgIpc) is 3.41. The number of benzene rings is 1. The van der Waals surface area contributed by atoms with Crippen LogP contribution in [0.4, 0.5) is 10.9 Å². The molecule has 1 aromatic carbocycles. The number of para-hydroxylation sites is 2. The molecule has 0 aliphatic carbocycles. The summed E-state index contributed by atoms with van der Waals surface area (Å²) < 4.78 is 2.37. The molecule has 3 aromatic heterocycles. The summed E-state index contributed by atoms with van der Waals surface area (Å²) in [5, 5.41) is 6.14. The van der Waals surface area contributed by atoms with Crippen LogP contribution in [-0.2, 0) is 6.54 Å². The van der Waals surface area contributed by atoms with Crippen molar-refractivity contribution in [2.75, 3.05) is 11.9 Å². The Bertz CT molecular complexity index is 1200. The molecule has 7 nitrogen and oxygen atoms in total. The Balaban J connectivity index is 1.46. The number of hydrogen-bond donors (Lipinski definition) is 1. The number of aryl methyl sites for hydroxylation is 1. The number of nitrogens with one attached hydrogen (secondary N) is 1. The second kappa shape index (κ2) is 8.96. The van der Waals surface area contributed by atoms with Crippen LogP contribution in [0.15, 0.2) is 41.9 Å². The van der Waals surface area contributed by atoms with Gasteiger partial charge in [0.2, 0.25) is 0 Å². The number of rotatable bonds is 6. The van der Waals surface area contributed by atoms with E-state index in [1.165, 1.54) is 18.4 Å². The minimum Gasteiger partial charge on any atom is -0.324 e. The van der Waals surface area contributed by atoms with E-state index in [2.05, 4.69) is 57.9 Å². The van der Waals surface area contributed by atoms with Gasteiger partial charge in [0.05, 0.1) is 23.6 Å². The van der Waals surface area contributed by atoms with Crippen molar-refractivity contribution in [1.82, 2.24) is 29.4 Å². The van der Waals surface area contributed by atoms with E-state index < -0.39 is 0 Å². The molecule has 0 radical (unpaired) electrons. The highest BCUT2D eigenvalue weighted by atomic mass is 32.1. The fourth-order valence-electron chi connectivity index (χ4n) is 4.64. The molecule has 0 amide bonds. The van der Waals surface area contributed by atoms with E-state index >= 15 is 0 Å². The number of piperidine rings is 1. The minimum absolute atomic E-state index is 0.181. The SMILES string of the molecule is Cc1cc(Nc2nccs2)nc(C2CCCCN2Cc2nc3ccccc3n2C(C)C)n1. The predicted octanol–water partition coefficient (Wildman–Crippen LogP) is 5.64. The van der Waals surface area contributed by atoms with Crippen LogP contribution in [0.1, 0.15) is 62.5 Å².